The number of nitrogens with two attached hydrogens (primary N) is 1. The first-order valence-electron chi connectivity index (χ1n) is 9.99. The van der Waals surface area contributed by atoms with Gasteiger partial charge in [-0.3, -0.25) is 0 Å². The van der Waals surface area contributed by atoms with E-state index in [-0.39, 0.29) is 24.8 Å². The maximum atomic E-state index is 9.19. The largest absolute Gasteiger partial charge is 0.399 e. The van der Waals surface area contributed by atoms with E-state index in [0.29, 0.717) is 28.9 Å². The van der Waals surface area contributed by atoms with Crippen molar-refractivity contribution in [2.75, 3.05) is 35.6 Å². The summed E-state index contributed by atoms with van der Waals surface area (Å²) in [7, 11) is 0. The fourth-order valence-electron chi connectivity index (χ4n) is 3.74. The van der Waals surface area contributed by atoms with Crippen molar-refractivity contribution in [2.45, 2.75) is 25.8 Å². The maximum absolute atomic E-state index is 9.19. The lowest BCUT2D eigenvalue weighted by atomic mass is 10.2. The van der Waals surface area contributed by atoms with Gasteiger partial charge in [-0.2, -0.15) is 10.2 Å². The Morgan fingerprint density at radius 2 is 2.00 bits per heavy atom. The Hall–Kier alpha value is -2.79. The normalized spacial score (nSPS) is 15.1. The van der Waals surface area contributed by atoms with Gasteiger partial charge in [-0.15, -0.1) is 24.8 Å². The molecule has 1 aliphatic rings. The number of fused-ring (bicyclic) bond motifs is 1. The van der Waals surface area contributed by atoms with Crippen molar-refractivity contribution >= 4 is 58.9 Å². The van der Waals surface area contributed by atoms with Gasteiger partial charge in [0.1, 0.15) is 5.82 Å². The summed E-state index contributed by atoms with van der Waals surface area (Å²) < 4.78 is 0. The van der Waals surface area contributed by atoms with Gasteiger partial charge in [0.05, 0.1) is 17.1 Å². The molecule has 1 unspecified atom stereocenters. The van der Waals surface area contributed by atoms with Gasteiger partial charge in [-0.25, -0.2) is 4.98 Å². The quantitative estimate of drug-likeness (QED) is 0.473. The number of nitrogens with zero attached hydrogens (tertiary/aromatic N) is 4. The molecule has 0 amide bonds. The van der Waals surface area contributed by atoms with Gasteiger partial charge < -0.3 is 21.3 Å². The average molecular weight is 460 g/mol. The smallest absolute Gasteiger partial charge is 0.229 e. The summed E-state index contributed by atoms with van der Waals surface area (Å²) in [6.07, 6.45) is 2.23. The topological polar surface area (TPSA) is 103 Å². The van der Waals surface area contributed by atoms with Gasteiger partial charge in [0.15, 0.2) is 0 Å². The number of anilines is 4. The third-order valence-electron chi connectivity index (χ3n) is 5.09. The molecule has 164 valence electrons. The summed E-state index contributed by atoms with van der Waals surface area (Å²) in [6, 6.07) is 15.8. The van der Waals surface area contributed by atoms with Gasteiger partial charge in [0, 0.05) is 35.9 Å². The molecule has 1 saturated heterocycles. The molecule has 2 heterocycles. The SMILES string of the molecule is CCCNC1CCN(c2nc(Nc3cc(N)cc(C#N)c3)nc3ccccc23)C1.Cl.Cl. The number of halogens is 2. The monoisotopic (exact) mass is 459 g/mol. The van der Waals surface area contributed by atoms with Crippen molar-refractivity contribution in [3.05, 3.63) is 48.0 Å². The zero-order chi connectivity index (χ0) is 20.2. The van der Waals surface area contributed by atoms with Crippen molar-refractivity contribution in [1.29, 1.82) is 5.26 Å². The average Bonchev–Trinajstić information content (AvgIpc) is 3.20. The Balaban J connectivity index is 0.00000171. The number of para-hydroxylation sites is 1. The van der Waals surface area contributed by atoms with E-state index in [0.717, 1.165) is 49.2 Å². The molecule has 1 aliphatic heterocycles. The lowest BCUT2D eigenvalue weighted by molar-refractivity contribution is 0.549. The van der Waals surface area contributed by atoms with Gasteiger partial charge >= 0.3 is 0 Å². The van der Waals surface area contributed by atoms with E-state index < -0.39 is 0 Å². The summed E-state index contributed by atoms with van der Waals surface area (Å²) in [5.41, 5.74) is 8.52. The third kappa shape index (κ3) is 5.67. The Kier molecular flexibility index (Phi) is 8.69. The minimum absolute atomic E-state index is 0. The Bertz CT molecular complexity index is 1070. The Morgan fingerprint density at radius 3 is 2.77 bits per heavy atom. The molecule has 2 aromatic carbocycles. The molecule has 0 radical (unpaired) electrons. The molecule has 1 atom stereocenters. The highest BCUT2D eigenvalue weighted by Gasteiger charge is 2.25. The number of hydrogen-bond acceptors (Lipinski definition) is 7. The van der Waals surface area contributed by atoms with Crippen LogP contribution in [0.4, 0.5) is 23.1 Å². The molecule has 0 saturated carbocycles. The molecule has 1 aromatic heterocycles. The van der Waals surface area contributed by atoms with Crippen LogP contribution in [-0.4, -0.2) is 35.6 Å². The maximum Gasteiger partial charge on any atom is 0.229 e. The van der Waals surface area contributed by atoms with Crippen LogP contribution in [0.2, 0.25) is 0 Å². The summed E-state index contributed by atoms with van der Waals surface area (Å²) in [4.78, 5) is 11.8. The Morgan fingerprint density at radius 1 is 1.19 bits per heavy atom. The standard InChI is InChI=1S/C22H25N7.2ClH/c1-2-8-25-17-7-9-29(14-17)21-19-5-3-4-6-20(19)27-22(28-21)26-18-11-15(13-23)10-16(24)12-18;;/h3-6,10-12,17,25H,2,7-9,14,24H2,1H3,(H,26,27,28);2*1H. The summed E-state index contributed by atoms with van der Waals surface area (Å²) >= 11 is 0. The van der Waals surface area contributed by atoms with Crippen molar-refractivity contribution in [1.82, 2.24) is 15.3 Å². The van der Waals surface area contributed by atoms with Crippen LogP contribution < -0.4 is 21.3 Å². The van der Waals surface area contributed by atoms with Crippen LogP contribution in [0.5, 0.6) is 0 Å². The van der Waals surface area contributed by atoms with Gasteiger partial charge in [0.25, 0.3) is 0 Å². The van der Waals surface area contributed by atoms with E-state index in [1.165, 1.54) is 0 Å². The zero-order valence-corrected chi connectivity index (χ0v) is 19.0. The van der Waals surface area contributed by atoms with Crippen LogP contribution in [0.25, 0.3) is 10.9 Å². The summed E-state index contributed by atoms with van der Waals surface area (Å²) in [6.45, 7) is 5.10. The van der Waals surface area contributed by atoms with E-state index >= 15 is 0 Å². The first-order chi connectivity index (χ1) is 14.2. The highest BCUT2D eigenvalue weighted by atomic mass is 35.5. The molecule has 0 aliphatic carbocycles. The molecule has 0 spiro atoms. The number of aromatic nitrogens is 2. The predicted molar refractivity (Wildman–Crippen MR) is 132 cm³/mol. The second kappa shape index (κ2) is 11.0. The van der Waals surface area contributed by atoms with E-state index in [2.05, 4.69) is 39.6 Å². The molecular weight excluding hydrogens is 433 g/mol. The van der Waals surface area contributed by atoms with Crippen LogP contribution in [0.15, 0.2) is 42.5 Å². The number of hydrogen-bond donors (Lipinski definition) is 3. The molecule has 31 heavy (non-hydrogen) atoms. The van der Waals surface area contributed by atoms with Crippen molar-refractivity contribution in [2.24, 2.45) is 0 Å². The van der Waals surface area contributed by atoms with E-state index in [4.69, 9.17) is 10.7 Å². The van der Waals surface area contributed by atoms with E-state index in [1.807, 2.05) is 18.2 Å². The number of benzene rings is 2. The van der Waals surface area contributed by atoms with Crippen LogP contribution in [0, 0.1) is 11.3 Å². The van der Waals surface area contributed by atoms with Crippen molar-refractivity contribution in [3.8, 4) is 6.07 Å². The lowest BCUT2D eigenvalue weighted by Gasteiger charge is -2.20. The van der Waals surface area contributed by atoms with Gasteiger partial charge in [0.2, 0.25) is 5.95 Å². The zero-order valence-electron chi connectivity index (χ0n) is 17.3. The number of nitrogen functional groups attached to an aromatic ring is 1. The fourth-order valence-corrected chi connectivity index (χ4v) is 3.74. The highest BCUT2D eigenvalue weighted by molar-refractivity contribution is 5.91. The van der Waals surface area contributed by atoms with Crippen LogP contribution in [0.1, 0.15) is 25.3 Å². The second-order valence-corrected chi connectivity index (χ2v) is 7.35. The second-order valence-electron chi connectivity index (χ2n) is 7.35. The van der Waals surface area contributed by atoms with Crippen molar-refractivity contribution < 1.29 is 0 Å². The highest BCUT2D eigenvalue weighted by Crippen LogP contribution is 2.29. The fraction of sp³-hybridized carbons (Fsp3) is 0.318. The number of nitriles is 1. The van der Waals surface area contributed by atoms with Crippen LogP contribution >= 0.6 is 24.8 Å². The number of nitrogens with one attached hydrogen (secondary N) is 2. The Labute approximate surface area is 194 Å². The summed E-state index contributed by atoms with van der Waals surface area (Å²) in [5.74, 6) is 1.43. The van der Waals surface area contributed by atoms with Gasteiger partial charge in [-0.05, 0) is 49.7 Å². The molecule has 7 nitrogen and oxygen atoms in total. The first-order valence-corrected chi connectivity index (χ1v) is 9.99. The minimum Gasteiger partial charge on any atom is -0.399 e. The lowest BCUT2D eigenvalue weighted by Crippen LogP contribution is -2.33. The van der Waals surface area contributed by atoms with Gasteiger partial charge in [-0.1, -0.05) is 19.1 Å². The molecule has 4 rings (SSSR count). The van der Waals surface area contributed by atoms with E-state index in [9.17, 15) is 5.26 Å². The third-order valence-corrected chi connectivity index (χ3v) is 5.09. The first kappa shape index (κ1) is 24.5. The number of rotatable bonds is 6. The summed E-state index contributed by atoms with van der Waals surface area (Å²) in [5, 5.41) is 17.1. The van der Waals surface area contributed by atoms with Crippen LogP contribution in [-0.2, 0) is 0 Å². The van der Waals surface area contributed by atoms with E-state index in [1.54, 1.807) is 18.2 Å². The van der Waals surface area contributed by atoms with Crippen molar-refractivity contribution in [3.63, 3.8) is 0 Å². The molecule has 4 N–H and O–H groups in total. The minimum atomic E-state index is 0. The molecule has 1 fully saturated rings. The molecule has 9 heteroatoms. The van der Waals surface area contributed by atoms with Crippen LogP contribution in [0.3, 0.4) is 0 Å². The molecular formula is C22H27Cl2N7. The molecule has 0 bridgehead atoms. The predicted octanol–water partition coefficient (Wildman–Crippen LogP) is 4.25. The molecule has 3 aromatic rings.